The van der Waals surface area contributed by atoms with Gasteiger partial charge < -0.3 is 5.32 Å². The van der Waals surface area contributed by atoms with E-state index in [1.165, 1.54) is 6.20 Å². The van der Waals surface area contributed by atoms with E-state index in [1.54, 1.807) is 0 Å². The molecular weight excluding hydrogens is 141 g/mol. The molecule has 0 aromatic rings. The van der Waals surface area contributed by atoms with E-state index in [2.05, 4.69) is 11.9 Å². The van der Waals surface area contributed by atoms with E-state index in [1.807, 2.05) is 27.7 Å². The van der Waals surface area contributed by atoms with Gasteiger partial charge in [-0.3, -0.25) is 0 Å². The first-order chi connectivity index (χ1) is 4.89. The topological polar surface area (TPSA) is 12.0 Å². The van der Waals surface area contributed by atoms with Crippen LogP contribution in [0.15, 0.2) is 12.8 Å². The molecule has 1 N–H and O–H groups in total. The molecule has 0 saturated heterocycles. The van der Waals surface area contributed by atoms with Gasteiger partial charge in [0.2, 0.25) is 0 Å². The second-order valence-corrected chi connectivity index (χ2v) is 3.93. The molecule has 0 bridgehead atoms. The van der Waals surface area contributed by atoms with Gasteiger partial charge in [0.25, 0.3) is 0 Å². The normalized spacial score (nSPS) is 17.2. The summed E-state index contributed by atoms with van der Waals surface area (Å²) < 4.78 is 13.1. The average molecular weight is 159 g/mol. The summed E-state index contributed by atoms with van der Waals surface area (Å²) in [4.78, 5) is 0. The lowest BCUT2D eigenvalue weighted by molar-refractivity contribution is 0.115. The molecule has 2 heteroatoms. The van der Waals surface area contributed by atoms with Crippen LogP contribution in [0.5, 0.6) is 0 Å². The summed E-state index contributed by atoms with van der Waals surface area (Å²) in [5.74, 6) is -0.0134. The quantitative estimate of drug-likeness (QED) is 0.624. The van der Waals surface area contributed by atoms with Crippen molar-refractivity contribution in [3.63, 3.8) is 0 Å². The molecule has 2 unspecified atom stereocenters. The number of halogens is 1. The van der Waals surface area contributed by atoms with Crippen LogP contribution < -0.4 is 5.32 Å². The van der Waals surface area contributed by atoms with E-state index in [9.17, 15) is 4.39 Å². The van der Waals surface area contributed by atoms with Crippen molar-refractivity contribution in [1.82, 2.24) is 5.32 Å². The molecule has 11 heavy (non-hydrogen) atoms. The smallest absolute Gasteiger partial charge is 0.172 e. The number of alkyl halides is 1. The monoisotopic (exact) mass is 159 g/mol. The van der Waals surface area contributed by atoms with Crippen LogP contribution in [0.3, 0.4) is 0 Å². The van der Waals surface area contributed by atoms with Crippen molar-refractivity contribution in [1.29, 1.82) is 0 Å². The third-order valence-corrected chi connectivity index (χ3v) is 2.08. The molecule has 1 nitrogen and oxygen atoms in total. The summed E-state index contributed by atoms with van der Waals surface area (Å²) in [5.41, 5.74) is -0.00454. The summed E-state index contributed by atoms with van der Waals surface area (Å²) in [5, 5.41) is 2.55. The zero-order chi connectivity index (χ0) is 9.07. The van der Waals surface area contributed by atoms with Crippen molar-refractivity contribution in [2.24, 2.45) is 11.3 Å². The summed E-state index contributed by atoms with van der Waals surface area (Å²) in [6.07, 6.45) is 0.403. The number of rotatable bonds is 3. The minimum absolute atomic E-state index is 0.00454. The number of nitrogens with one attached hydrogen (secondary N) is 1. The Morgan fingerprint density at radius 1 is 1.45 bits per heavy atom. The Hall–Kier alpha value is -0.530. The van der Waals surface area contributed by atoms with Crippen molar-refractivity contribution in [3.05, 3.63) is 12.8 Å². The maximum Gasteiger partial charge on any atom is 0.172 e. The summed E-state index contributed by atoms with van der Waals surface area (Å²) >= 11 is 0. The standard InChI is InChI=1S/C9H18FN/c1-6-11-8(10)7(2)9(3,4)5/h6-8,11H,1H2,2-5H3. The molecule has 0 aromatic carbocycles. The Kier molecular flexibility index (Phi) is 3.56. The van der Waals surface area contributed by atoms with Gasteiger partial charge in [0.15, 0.2) is 6.30 Å². The lowest BCUT2D eigenvalue weighted by atomic mass is 9.81. The Morgan fingerprint density at radius 2 is 1.91 bits per heavy atom. The Labute approximate surface area is 68.7 Å². The minimum atomic E-state index is -0.993. The average Bonchev–Trinajstić information content (AvgIpc) is 1.85. The van der Waals surface area contributed by atoms with Gasteiger partial charge in [-0.2, -0.15) is 0 Å². The second kappa shape index (κ2) is 3.74. The molecule has 0 aliphatic rings. The van der Waals surface area contributed by atoms with Gasteiger partial charge in [-0.25, -0.2) is 4.39 Å². The minimum Gasteiger partial charge on any atom is -0.362 e. The molecule has 0 aromatic heterocycles. The first-order valence-electron chi connectivity index (χ1n) is 3.90. The maximum atomic E-state index is 13.1. The molecule has 0 saturated carbocycles. The number of hydrogen-bond donors (Lipinski definition) is 1. The maximum absolute atomic E-state index is 13.1. The zero-order valence-electron chi connectivity index (χ0n) is 7.82. The van der Waals surface area contributed by atoms with E-state index in [0.29, 0.717) is 0 Å². The van der Waals surface area contributed by atoms with Crippen LogP contribution in [0, 0.1) is 11.3 Å². The number of hydrogen-bond acceptors (Lipinski definition) is 1. The van der Waals surface area contributed by atoms with Crippen molar-refractivity contribution >= 4 is 0 Å². The van der Waals surface area contributed by atoms with Crippen LogP contribution in [0.2, 0.25) is 0 Å². The molecular formula is C9H18FN. The van der Waals surface area contributed by atoms with E-state index in [0.717, 1.165) is 0 Å². The summed E-state index contributed by atoms with van der Waals surface area (Å²) in [7, 11) is 0. The van der Waals surface area contributed by atoms with Crippen molar-refractivity contribution in [3.8, 4) is 0 Å². The fraction of sp³-hybridized carbons (Fsp3) is 0.778. The molecule has 0 rings (SSSR count). The first-order valence-corrected chi connectivity index (χ1v) is 3.90. The first kappa shape index (κ1) is 10.5. The molecule has 66 valence electrons. The molecule has 0 spiro atoms. The lowest BCUT2D eigenvalue weighted by Gasteiger charge is -2.29. The second-order valence-electron chi connectivity index (χ2n) is 3.93. The SMILES string of the molecule is C=CNC(F)C(C)C(C)(C)C. The highest BCUT2D eigenvalue weighted by atomic mass is 19.1. The van der Waals surface area contributed by atoms with Crippen LogP contribution in [-0.4, -0.2) is 6.30 Å². The van der Waals surface area contributed by atoms with E-state index >= 15 is 0 Å². The molecule has 0 amide bonds. The van der Waals surface area contributed by atoms with Crippen LogP contribution in [0.25, 0.3) is 0 Å². The predicted molar refractivity (Wildman–Crippen MR) is 46.8 cm³/mol. The van der Waals surface area contributed by atoms with E-state index in [4.69, 9.17) is 0 Å². The molecule has 0 aliphatic carbocycles. The third kappa shape index (κ3) is 3.40. The third-order valence-electron chi connectivity index (χ3n) is 2.08. The van der Waals surface area contributed by atoms with Gasteiger partial charge >= 0.3 is 0 Å². The van der Waals surface area contributed by atoms with Crippen molar-refractivity contribution < 1.29 is 4.39 Å². The summed E-state index contributed by atoms with van der Waals surface area (Å²) in [6.45, 7) is 11.4. The Balaban J connectivity index is 4.01. The van der Waals surface area contributed by atoms with Gasteiger partial charge in [-0.05, 0) is 11.6 Å². The van der Waals surface area contributed by atoms with Gasteiger partial charge in [0.05, 0.1) is 0 Å². The van der Waals surface area contributed by atoms with Crippen molar-refractivity contribution in [2.75, 3.05) is 0 Å². The highest BCUT2D eigenvalue weighted by molar-refractivity contribution is 4.78. The highest BCUT2D eigenvalue weighted by Crippen LogP contribution is 2.28. The fourth-order valence-corrected chi connectivity index (χ4v) is 0.696. The Bertz CT molecular complexity index is 126. The lowest BCUT2D eigenvalue weighted by Crippen LogP contribution is -2.34. The van der Waals surface area contributed by atoms with Crippen LogP contribution >= 0.6 is 0 Å². The molecule has 0 aliphatic heterocycles. The fourth-order valence-electron chi connectivity index (χ4n) is 0.696. The molecule has 0 heterocycles. The van der Waals surface area contributed by atoms with E-state index in [-0.39, 0.29) is 11.3 Å². The molecule has 2 atom stereocenters. The van der Waals surface area contributed by atoms with Crippen LogP contribution in [0.1, 0.15) is 27.7 Å². The van der Waals surface area contributed by atoms with Gasteiger partial charge in [-0.15, -0.1) is 0 Å². The van der Waals surface area contributed by atoms with Gasteiger partial charge in [0.1, 0.15) is 0 Å². The predicted octanol–water partition coefficient (Wildman–Crippen LogP) is 2.70. The van der Waals surface area contributed by atoms with Crippen LogP contribution in [-0.2, 0) is 0 Å². The highest BCUT2D eigenvalue weighted by Gasteiger charge is 2.27. The largest absolute Gasteiger partial charge is 0.362 e. The van der Waals surface area contributed by atoms with Crippen molar-refractivity contribution in [2.45, 2.75) is 34.0 Å². The molecule has 0 fully saturated rings. The summed E-state index contributed by atoms with van der Waals surface area (Å²) in [6, 6.07) is 0. The van der Waals surface area contributed by atoms with Gasteiger partial charge in [-0.1, -0.05) is 34.3 Å². The van der Waals surface area contributed by atoms with Crippen LogP contribution in [0.4, 0.5) is 4.39 Å². The van der Waals surface area contributed by atoms with Gasteiger partial charge in [0, 0.05) is 5.92 Å². The molecule has 0 radical (unpaired) electrons. The Morgan fingerprint density at radius 3 is 2.18 bits per heavy atom. The zero-order valence-corrected chi connectivity index (χ0v) is 7.82. The van der Waals surface area contributed by atoms with E-state index < -0.39 is 6.30 Å².